The maximum absolute atomic E-state index is 10.2. The van der Waals surface area contributed by atoms with Crippen LogP contribution in [0.25, 0.3) is 0 Å². The molecule has 3 heteroatoms. The number of carbonyl (C=O) groups is 1. The van der Waals surface area contributed by atoms with Crippen LogP contribution in [0.1, 0.15) is 6.92 Å². The van der Waals surface area contributed by atoms with Crippen LogP contribution in [0.5, 0.6) is 0 Å². The Labute approximate surface area is 55.4 Å². The van der Waals surface area contributed by atoms with Crippen LogP contribution in [-0.2, 0) is 4.79 Å². The van der Waals surface area contributed by atoms with Crippen LogP contribution in [0.4, 0.5) is 0 Å². The van der Waals surface area contributed by atoms with Crippen LogP contribution in [0.15, 0.2) is 4.99 Å². The fraction of sp³-hybridized carbons (Fsp3) is 0.667. The summed E-state index contributed by atoms with van der Waals surface area (Å²) in [5.41, 5.74) is 0. The molecule has 0 bridgehead atoms. The Morgan fingerprint density at radius 2 is 2.22 bits per heavy atom. The van der Waals surface area contributed by atoms with Gasteiger partial charge in [0.05, 0.1) is 0 Å². The van der Waals surface area contributed by atoms with Crippen LogP contribution in [0, 0.1) is 0 Å². The first-order valence-electron chi connectivity index (χ1n) is 2.80. The number of nitrogens with zero attached hydrogens (tertiary/aromatic N) is 2. The Bertz CT molecular complexity index is 118. The molecule has 0 N–H and O–H groups in total. The van der Waals surface area contributed by atoms with Gasteiger partial charge in [-0.05, 0) is 14.1 Å². The Morgan fingerprint density at radius 3 is 2.56 bits per heavy atom. The smallest absolute Gasteiger partial charge is 0.242 e. The van der Waals surface area contributed by atoms with E-state index >= 15 is 0 Å². The lowest BCUT2D eigenvalue weighted by Crippen LogP contribution is -2.14. The molecule has 3 nitrogen and oxygen atoms in total. The predicted octanol–water partition coefficient (Wildman–Crippen LogP) is 0.165. The van der Waals surface area contributed by atoms with Gasteiger partial charge in [-0.2, -0.15) is 0 Å². The van der Waals surface area contributed by atoms with Gasteiger partial charge in [-0.25, -0.2) is 4.99 Å². The summed E-state index contributed by atoms with van der Waals surface area (Å²) < 4.78 is 0. The van der Waals surface area contributed by atoms with E-state index in [0.717, 1.165) is 6.54 Å². The van der Waals surface area contributed by atoms with Gasteiger partial charge in [-0.3, -0.25) is 4.79 Å². The predicted molar refractivity (Wildman–Crippen MR) is 37.7 cm³/mol. The Kier molecular flexibility index (Phi) is 3.88. The second-order valence-electron chi connectivity index (χ2n) is 2.09. The highest BCUT2D eigenvalue weighted by Crippen LogP contribution is 1.71. The largest absolute Gasteiger partial charge is 0.304 e. The zero-order valence-electron chi connectivity index (χ0n) is 6.09. The van der Waals surface area contributed by atoms with E-state index in [1.54, 1.807) is 6.21 Å². The van der Waals surface area contributed by atoms with Crippen molar-refractivity contribution in [3.8, 4) is 0 Å². The fourth-order valence-corrected chi connectivity index (χ4v) is 0.333. The van der Waals surface area contributed by atoms with Crippen molar-refractivity contribution >= 4 is 12.1 Å². The van der Waals surface area contributed by atoms with E-state index in [4.69, 9.17) is 0 Å². The quantitative estimate of drug-likeness (QED) is 0.496. The van der Waals surface area contributed by atoms with Gasteiger partial charge >= 0.3 is 0 Å². The van der Waals surface area contributed by atoms with E-state index in [1.807, 2.05) is 19.0 Å². The molecule has 0 saturated carbocycles. The van der Waals surface area contributed by atoms with Crippen molar-refractivity contribution in [2.75, 3.05) is 20.6 Å². The molecule has 0 aromatic heterocycles. The third kappa shape index (κ3) is 7.30. The molecular formula is C6H12N2O. The number of hydrogen-bond donors (Lipinski definition) is 0. The average Bonchev–Trinajstić information content (AvgIpc) is 1.63. The van der Waals surface area contributed by atoms with Crippen molar-refractivity contribution in [2.45, 2.75) is 6.92 Å². The van der Waals surface area contributed by atoms with Gasteiger partial charge in [-0.15, -0.1) is 0 Å². The highest BCUT2D eigenvalue weighted by molar-refractivity contribution is 5.83. The van der Waals surface area contributed by atoms with Crippen molar-refractivity contribution < 1.29 is 4.79 Å². The zero-order chi connectivity index (χ0) is 7.28. The van der Waals surface area contributed by atoms with E-state index in [-0.39, 0.29) is 5.91 Å². The Hall–Kier alpha value is -0.700. The number of rotatable bonds is 2. The molecule has 0 heterocycles. The van der Waals surface area contributed by atoms with E-state index in [9.17, 15) is 4.79 Å². The number of carbonyl (C=O) groups excluding carboxylic acids is 1. The molecule has 52 valence electrons. The second-order valence-corrected chi connectivity index (χ2v) is 2.09. The van der Waals surface area contributed by atoms with Crippen molar-refractivity contribution in [1.82, 2.24) is 4.90 Å². The van der Waals surface area contributed by atoms with E-state index in [0.29, 0.717) is 0 Å². The molecular weight excluding hydrogens is 116 g/mol. The lowest BCUT2D eigenvalue weighted by molar-refractivity contribution is -0.115. The summed E-state index contributed by atoms with van der Waals surface area (Å²) in [5, 5.41) is 0. The molecule has 0 atom stereocenters. The lowest BCUT2D eigenvalue weighted by Gasteiger charge is -2.01. The summed E-state index contributed by atoms with van der Waals surface area (Å²) in [4.78, 5) is 15.7. The molecule has 0 aromatic carbocycles. The molecule has 0 unspecified atom stereocenters. The molecule has 1 amide bonds. The van der Waals surface area contributed by atoms with Crippen molar-refractivity contribution in [1.29, 1.82) is 0 Å². The molecule has 0 aromatic rings. The number of aliphatic imine (C=N–C) groups is 1. The standard InChI is InChI=1S/C6H12N2O/c1-6(9)7-4-5-8(2)3/h4H,5H2,1-3H3. The first-order chi connectivity index (χ1) is 4.13. The van der Waals surface area contributed by atoms with Crippen LogP contribution in [0.3, 0.4) is 0 Å². The number of hydrogen-bond acceptors (Lipinski definition) is 2. The van der Waals surface area contributed by atoms with Gasteiger partial charge in [0.25, 0.3) is 0 Å². The Balaban J connectivity index is 3.36. The van der Waals surface area contributed by atoms with Gasteiger partial charge in [0.15, 0.2) is 0 Å². The lowest BCUT2D eigenvalue weighted by atomic mass is 10.6. The molecule has 0 saturated heterocycles. The Morgan fingerprint density at radius 1 is 1.67 bits per heavy atom. The van der Waals surface area contributed by atoms with E-state index in [1.165, 1.54) is 6.92 Å². The minimum atomic E-state index is -0.142. The van der Waals surface area contributed by atoms with Crippen molar-refractivity contribution in [2.24, 2.45) is 4.99 Å². The summed E-state index contributed by atoms with van der Waals surface area (Å²) in [6, 6.07) is 0. The molecule has 0 spiro atoms. The maximum atomic E-state index is 10.2. The summed E-state index contributed by atoms with van der Waals surface area (Å²) >= 11 is 0. The third-order valence-electron chi connectivity index (χ3n) is 0.720. The summed E-state index contributed by atoms with van der Waals surface area (Å²) in [6.07, 6.45) is 1.60. The van der Waals surface area contributed by atoms with Crippen molar-refractivity contribution in [3.05, 3.63) is 0 Å². The number of amides is 1. The van der Waals surface area contributed by atoms with E-state index < -0.39 is 0 Å². The summed E-state index contributed by atoms with van der Waals surface area (Å²) in [7, 11) is 3.85. The first kappa shape index (κ1) is 8.30. The molecule has 0 aliphatic carbocycles. The zero-order valence-corrected chi connectivity index (χ0v) is 6.09. The molecule has 0 aliphatic heterocycles. The van der Waals surface area contributed by atoms with Crippen LogP contribution >= 0.6 is 0 Å². The summed E-state index contributed by atoms with van der Waals surface area (Å²) in [5.74, 6) is -0.142. The molecule has 9 heavy (non-hydrogen) atoms. The highest BCUT2D eigenvalue weighted by Gasteiger charge is 1.84. The highest BCUT2D eigenvalue weighted by atomic mass is 16.1. The minimum absolute atomic E-state index is 0.142. The normalized spacial score (nSPS) is 11.1. The monoisotopic (exact) mass is 128 g/mol. The molecule has 0 rings (SSSR count). The van der Waals surface area contributed by atoms with Gasteiger partial charge < -0.3 is 4.90 Å². The SMILES string of the molecule is CC(=O)N=CCN(C)C. The molecule has 0 aliphatic rings. The molecule has 0 fully saturated rings. The van der Waals surface area contributed by atoms with Gasteiger partial charge in [0.2, 0.25) is 5.91 Å². The average molecular weight is 128 g/mol. The van der Waals surface area contributed by atoms with Crippen LogP contribution in [-0.4, -0.2) is 37.7 Å². The maximum Gasteiger partial charge on any atom is 0.242 e. The van der Waals surface area contributed by atoms with Gasteiger partial charge in [0, 0.05) is 19.7 Å². The fourth-order valence-electron chi connectivity index (χ4n) is 0.333. The second kappa shape index (κ2) is 4.21. The summed E-state index contributed by atoms with van der Waals surface area (Å²) in [6.45, 7) is 2.16. The van der Waals surface area contributed by atoms with Crippen LogP contribution in [0.2, 0.25) is 0 Å². The van der Waals surface area contributed by atoms with E-state index in [2.05, 4.69) is 4.99 Å². The third-order valence-corrected chi connectivity index (χ3v) is 0.720. The minimum Gasteiger partial charge on any atom is -0.304 e. The first-order valence-corrected chi connectivity index (χ1v) is 2.80. The van der Waals surface area contributed by atoms with Crippen molar-refractivity contribution in [3.63, 3.8) is 0 Å². The van der Waals surface area contributed by atoms with Crippen LogP contribution < -0.4 is 0 Å². The van der Waals surface area contributed by atoms with Gasteiger partial charge in [-0.1, -0.05) is 0 Å². The topological polar surface area (TPSA) is 32.7 Å². The van der Waals surface area contributed by atoms with Gasteiger partial charge in [0.1, 0.15) is 0 Å². The molecule has 0 radical (unpaired) electrons.